The van der Waals surface area contributed by atoms with Crippen molar-refractivity contribution in [2.45, 2.75) is 0 Å². The van der Waals surface area contributed by atoms with E-state index < -0.39 is 0 Å². The molecule has 6 heteroatoms. The lowest BCUT2D eigenvalue weighted by Gasteiger charge is -1.88. The van der Waals surface area contributed by atoms with Crippen LogP contribution in [-0.4, -0.2) is 14.6 Å². The number of hydrogen-bond donors (Lipinski definition) is 0. The van der Waals surface area contributed by atoms with E-state index in [1.807, 2.05) is 36.4 Å². The number of thiazole rings is 1. The molecule has 0 amide bonds. The van der Waals surface area contributed by atoms with Crippen LogP contribution < -0.4 is 10.1 Å². The Morgan fingerprint density at radius 1 is 1.14 bits per heavy atom. The molecular weight excluding hydrogens is 286 g/mol. The fraction of sp³-hybridized carbons (Fsp3) is 0. The summed E-state index contributed by atoms with van der Waals surface area (Å²) in [5.41, 5.74) is 0.814. The molecule has 0 bridgehead atoms. The van der Waals surface area contributed by atoms with Crippen LogP contribution >= 0.6 is 11.3 Å². The van der Waals surface area contributed by atoms with Crippen LogP contribution in [0, 0.1) is 0 Å². The monoisotopic (exact) mass is 295 g/mol. The van der Waals surface area contributed by atoms with Crippen molar-refractivity contribution in [2.24, 2.45) is 0 Å². The van der Waals surface area contributed by atoms with E-state index in [0.29, 0.717) is 21.1 Å². The molecule has 4 aromatic rings. The standard InChI is InChI=1S/C15H9N3O2S/c19-14-12(9-10-5-2-1-3-6-10)21-15-16-13(17-18(14)15)11-7-4-8-20-11/h1-9H. The fourth-order valence-electron chi connectivity index (χ4n) is 2.04. The van der Waals surface area contributed by atoms with Gasteiger partial charge in [0.05, 0.1) is 10.8 Å². The summed E-state index contributed by atoms with van der Waals surface area (Å²) in [4.78, 5) is 17.2. The maximum Gasteiger partial charge on any atom is 0.291 e. The van der Waals surface area contributed by atoms with Crippen molar-refractivity contribution in [1.29, 1.82) is 0 Å². The first-order valence-corrected chi connectivity index (χ1v) is 7.13. The largest absolute Gasteiger partial charge is 0.461 e. The molecule has 21 heavy (non-hydrogen) atoms. The molecular formula is C15H9N3O2S. The summed E-state index contributed by atoms with van der Waals surface area (Å²) in [5.74, 6) is 0.980. The van der Waals surface area contributed by atoms with Crippen molar-refractivity contribution < 1.29 is 4.42 Å². The molecule has 0 unspecified atom stereocenters. The molecule has 5 nitrogen and oxygen atoms in total. The molecule has 102 valence electrons. The molecule has 0 aliphatic heterocycles. The number of benzene rings is 1. The Kier molecular flexibility index (Phi) is 2.68. The fourth-order valence-corrected chi connectivity index (χ4v) is 2.95. The molecule has 0 N–H and O–H groups in total. The van der Waals surface area contributed by atoms with Crippen LogP contribution in [0.5, 0.6) is 0 Å². The number of rotatable bonds is 2. The van der Waals surface area contributed by atoms with Gasteiger partial charge >= 0.3 is 0 Å². The van der Waals surface area contributed by atoms with E-state index in [0.717, 1.165) is 5.56 Å². The minimum atomic E-state index is -0.163. The van der Waals surface area contributed by atoms with Crippen molar-refractivity contribution in [3.05, 3.63) is 69.2 Å². The molecule has 3 aromatic heterocycles. The Hall–Kier alpha value is -2.73. The smallest absolute Gasteiger partial charge is 0.291 e. The van der Waals surface area contributed by atoms with E-state index >= 15 is 0 Å². The van der Waals surface area contributed by atoms with E-state index in [2.05, 4.69) is 10.1 Å². The van der Waals surface area contributed by atoms with Crippen LogP contribution in [0.1, 0.15) is 5.56 Å². The van der Waals surface area contributed by atoms with E-state index in [-0.39, 0.29) is 5.56 Å². The Labute approximate surface area is 122 Å². The summed E-state index contributed by atoms with van der Waals surface area (Å²) in [7, 11) is 0. The molecule has 0 aliphatic carbocycles. The number of furan rings is 1. The van der Waals surface area contributed by atoms with Gasteiger partial charge in [0, 0.05) is 0 Å². The maximum atomic E-state index is 12.3. The third-order valence-corrected chi connectivity index (χ3v) is 3.98. The van der Waals surface area contributed by atoms with Gasteiger partial charge in [-0.15, -0.1) is 5.10 Å². The summed E-state index contributed by atoms with van der Waals surface area (Å²) in [6.45, 7) is 0. The third-order valence-electron chi connectivity index (χ3n) is 3.02. The highest BCUT2D eigenvalue weighted by Crippen LogP contribution is 2.16. The third kappa shape index (κ3) is 2.05. The zero-order valence-corrected chi connectivity index (χ0v) is 11.6. The Morgan fingerprint density at radius 2 is 2.00 bits per heavy atom. The molecule has 0 aliphatic rings. The Balaban J connectivity index is 1.87. The van der Waals surface area contributed by atoms with Gasteiger partial charge in [-0.1, -0.05) is 41.7 Å². The molecule has 0 spiro atoms. The highest BCUT2D eigenvalue weighted by molar-refractivity contribution is 7.15. The van der Waals surface area contributed by atoms with Gasteiger partial charge in [-0.2, -0.15) is 9.50 Å². The predicted molar refractivity (Wildman–Crippen MR) is 80.1 cm³/mol. The summed E-state index contributed by atoms with van der Waals surface area (Å²) >= 11 is 1.32. The second-order valence-electron chi connectivity index (χ2n) is 4.43. The van der Waals surface area contributed by atoms with Gasteiger partial charge < -0.3 is 4.42 Å². The first-order valence-electron chi connectivity index (χ1n) is 6.31. The minimum Gasteiger partial charge on any atom is -0.461 e. The second kappa shape index (κ2) is 4.68. The van der Waals surface area contributed by atoms with Crippen molar-refractivity contribution in [2.75, 3.05) is 0 Å². The summed E-state index contributed by atoms with van der Waals surface area (Å²) < 4.78 is 7.17. The molecule has 0 saturated heterocycles. The highest BCUT2D eigenvalue weighted by Gasteiger charge is 2.13. The number of hydrogen-bond acceptors (Lipinski definition) is 5. The van der Waals surface area contributed by atoms with Crippen molar-refractivity contribution in [3.63, 3.8) is 0 Å². The SMILES string of the molecule is O=c1c(=Cc2ccccc2)sc2nc(-c3ccco3)nn12. The molecule has 3 heterocycles. The lowest BCUT2D eigenvalue weighted by atomic mass is 10.2. The van der Waals surface area contributed by atoms with Gasteiger partial charge in [0.25, 0.3) is 5.56 Å². The van der Waals surface area contributed by atoms with Crippen LogP contribution in [0.15, 0.2) is 57.9 Å². The van der Waals surface area contributed by atoms with E-state index in [4.69, 9.17) is 4.42 Å². The summed E-state index contributed by atoms with van der Waals surface area (Å²) in [6.07, 6.45) is 3.40. The topological polar surface area (TPSA) is 60.4 Å². The zero-order valence-electron chi connectivity index (χ0n) is 10.8. The van der Waals surface area contributed by atoms with Gasteiger partial charge in [-0.05, 0) is 23.8 Å². The second-order valence-corrected chi connectivity index (χ2v) is 5.44. The first-order chi connectivity index (χ1) is 10.3. The van der Waals surface area contributed by atoms with Crippen LogP contribution in [0.3, 0.4) is 0 Å². The molecule has 0 atom stereocenters. The van der Waals surface area contributed by atoms with Gasteiger partial charge in [0.15, 0.2) is 5.76 Å². The predicted octanol–water partition coefficient (Wildman–Crippen LogP) is 1.96. The average molecular weight is 295 g/mol. The van der Waals surface area contributed by atoms with Crippen LogP contribution in [0.4, 0.5) is 0 Å². The average Bonchev–Trinajstić information content (AvgIpc) is 3.20. The van der Waals surface area contributed by atoms with Crippen molar-refractivity contribution in [1.82, 2.24) is 14.6 Å². The van der Waals surface area contributed by atoms with Gasteiger partial charge in [-0.3, -0.25) is 4.79 Å². The van der Waals surface area contributed by atoms with Crippen LogP contribution in [0.2, 0.25) is 0 Å². The molecule has 0 radical (unpaired) electrons. The van der Waals surface area contributed by atoms with Gasteiger partial charge in [-0.25, -0.2) is 0 Å². The zero-order chi connectivity index (χ0) is 14.2. The number of nitrogens with zero attached hydrogens (tertiary/aromatic N) is 3. The van der Waals surface area contributed by atoms with Crippen LogP contribution in [0.25, 0.3) is 22.6 Å². The van der Waals surface area contributed by atoms with Gasteiger partial charge in [0.2, 0.25) is 10.8 Å². The quantitative estimate of drug-likeness (QED) is 0.567. The number of aromatic nitrogens is 3. The maximum absolute atomic E-state index is 12.3. The van der Waals surface area contributed by atoms with E-state index in [1.54, 1.807) is 18.4 Å². The molecule has 1 aromatic carbocycles. The van der Waals surface area contributed by atoms with Crippen molar-refractivity contribution in [3.8, 4) is 11.6 Å². The Bertz CT molecular complexity index is 1000. The summed E-state index contributed by atoms with van der Waals surface area (Å²) in [5, 5.41) is 4.21. The van der Waals surface area contributed by atoms with E-state index in [1.165, 1.54) is 15.9 Å². The first kappa shape index (κ1) is 12.0. The van der Waals surface area contributed by atoms with Crippen LogP contribution in [-0.2, 0) is 0 Å². The van der Waals surface area contributed by atoms with Crippen molar-refractivity contribution >= 4 is 22.4 Å². The van der Waals surface area contributed by atoms with Gasteiger partial charge in [0.1, 0.15) is 0 Å². The lowest BCUT2D eigenvalue weighted by molar-refractivity contribution is 0.577. The van der Waals surface area contributed by atoms with E-state index in [9.17, 15) is 4.79 Å². The Morgan fingerprint density at radius 3 is 2.71 bits per heavy atom. The lowest BCUT2D eigenvalue weighted by Crippen LogP contribution is -2.23. The number of fused-ring (bicyclic) bond motifs is 1. The molecule has 0 fully saturated rings. The summed E-state index contributed by atoms with van der Waals surface area (Å²) in [6, 6.07) is 13.2. The normalized spacial score (nSPS) is 12.3. The highest BCUT2D eigenvalue weighted by atomic mass is 32.1. The molecule has 4 rings (SSSR count). The molecule has 0 saturated carbocycles. The minimum absolute atomic E-state index is 0.163.